The number of nitrogens with one attached hydrogen (secondary N) is 2. The topological polar surface area (TPSA) is 82.7 Å². The number of benzene rings is 1. The van der Waals surface area contributed by atoms with Gasteiger partial charge in [0.15, 0.2) is 0 Å². The van der Waals surface area contributed by atoms with Crippen LogP contribution in [0.25, 0.3) is 0 Å². The van der Waals surface area contributed by atoms with E-state index in [1.807, 2.05) is 12.1 Å². The fourth-order valence-corrected chi connectivity index (χ4v) is 5.74. The Morgan fingerprint density at radius 3 is 2.96 bits per heavy atom. The zero-order chi connectivity index (χ0) is 17.6. The Bertz CT molecular complexity index is 734. The maximum atomic E-state index is 9.79. The molecule has 0 heterocycles. The maximum absolute atomic E-state index is 9.79. The van der Waals surface area contributed by atoms with Gasteiger partial charge in [0.1, 0.15) is 5.75 Å². The van der Waals surface area contributed by atoms with Gasteiger partial charge in [-0.2, -0.15) is 5.10 Å². The molecule has 134 valence electrons. The van der Waals surface area contributed by atoms with Gasteiger partial charge in [0.05, 0.1) is 0 Å². The van der Waals surface area contributed by atoms with Crippen molar-refractivity contribution >= 4 is 23.0 Å². The number of phenols is 1. The van der Waals surface area contributed by atoms with E-state index in [2.05, 4.69) is 28.9 Å². The molecular formula is C19H26N4OS. The first-order chi connectivity index (χ1) is 12.0. The lowest BCUT2D eigenvalue weighted by molar-refractivity contribution is 0.0954. The smallest absolute Gasteiger partial charge is 0.201 e. The molecule has 0 amide bonds. The molecule has 0 unspecified atom stereocenters. The van der Waals surface area contributed by atoms with E-state index in [1.165, 1.54) is 36.1 Å². The minimum absolute atomic E-state index is 0.160. The number of nitrogens with zero attached hydrogens (tertiary/aromatic N) is 1. The molecule has 0 aromatic heterocycles. The number of rotatable bonds is 1. The van der Waals surface area contributed by atoms with Gasteiger partial charge in [0.25, 0.3) is 0 Å². The van der Waals surface area contributed by atoms with Crippen LogP contribution in [0.15, 0.2) is 23.3 Å². The predicted octanol–water partition coefficient (Wildman–Crippen LogP) is 2.94. The van der Waals surface area contributed by atoms with Crippen molar-refractivity contribution < 1.29 is 5.11 Å². The van der Waals surface area contributed by atoms with Crippen molar-refractivity contribution in [3.63, 3.8) is 0 Å². The third-order valence-electron chi connectivity index (χ3n) is 6.87. The zero-order valence-electron chi connectivity index (χ0n) is 14.6. The van der Waals surface area contributed by atoms with Gasteiger partial charge in [-0.15, -0.1) is 0 Å². The van der Waals surface area contributed by atoms with Crippen molar-refractivity contribution in [1.82, 2.24) is 10.9 Å². The summed E-state index contributed by atoms with van der Waals surface area (Å²) in [5.74, 6) is 7.73. The van der Waals surface area contributed by atoms with Crippen LogP contribution in [0.1, 0.15) is 56.1 Å². The Labute approximate surface area is 154 Å². The summed E-state index contributed by atoms with van der Waals surface area (Å²) in [6, 6.07) is 5.97. The van der Waals surface area contributed by atoms with E-state index < -0.39 is 0 Å². The van der Waals surface area contributed by atoms with Crippen LogP contribution in [0.2, 0.25) is 0 Å². The van der Waals surface area contributed by atoms with Gasteiger partial charge in [-0.3, -0.25) is 10.9 Å². The van der Waals surface area contributed by atoms with E-state index in [9.17, 15) is 5.11 Å². The first kappa shape index (κ1) is 16.8. The molecule has 0 spiro atoms. The van der Waals surface area contributed by atoms with Gasteiger partial charge in [0.2, 0.25) is 5.11 Å². The van der Waals surface area contributed by atoms with Gasteiger partial charge in [0, 0.05) is 11.1 Å². The normalized spacial score (nSPS) is 34.8. The lowest BCUT2D eigenvalue weighted by Crippen LogP contribution is -2.43. The van der Waals surface area contributed by atoms with Gasteiger partial charge in [-0.25, -0.2) is 5.84 Å². The summed E-state index contributed by atoms with van der Waals surface area (Å²) in [4.78, 5) is 0. The maximum Gasteiger partial charge on any atom is 0.201 e. The van der Waals surface area contributed by atoms with Gasteiger partial charge in [-0.05, 0) is 91.8 Å². The van der Waals surface area contributed by atoms with E-state index in [4.69, 9.17) is 18.1 Å². The first-order valence-corrected chi connectivity index (χ1v) is 9.59. The van der Waals surface area contributed by atoms with E-state index in [1.54, 1.807) is 0 Å². The van der Waals surface area contributed by atoms with Crippen molar-refractivity contribution in [1.29, 1.82) is 0 Å². The summed E-state index contributed by atoms with van der Waals surface area (Å²) in [6.07, 6.45) is 6.87. The third kappa shape index (κ3) is 2.72. The summed E-state index contributed by atoms with van der Waals surface area (Å²) in [5.41, 5.74) is 9.52. The molecule has 2 fully saturated rings. The van der Waals surface area contributed by atoms with Crippen LogP contribution in [-0.4, -0.2) is 15.9 Å². The van der Waals surface area contributed by atoms with Crippen LogP contribution in [0.5, 0.6) is 5.75 Å². The molecule has 0 bridgehead atoms. The number of hydrazine groups is 1. The quantitative estimate of drug-likeness (QED) is 0.352. The molecular weight excluding hydrogens is 332 g/mol. The highest BCUT2D eigenvalue weighted by molar-refractivity contribution is 7.80. The second-order valence-corrected chi connectivity index (χ2v) is 8.35. The monoisotopic (exact) mass is 358 g/mol. The standard InChI is InChI=1S/C19H26N4OS/c1-19-9-8-14-13-5-3-12(24)10-11(13)2-4-15(14)16(19)6-7-17(19)22-23-18(25)21-20/h3,5,10,14-16,24H,2,4,6-9,20H2,1H3,(H2,21,23,25)/b22-17+/t14-,15-,16+,19+/m1/s1. The number of aryl methyl sites for hydroxylation is 1. The molecule has 5 nitrogen and oxygen atoms in total. The minimum Gasteiger partial charge on any atom is -0.508 e. The van der Waals surface area contributed by atoms with Crippen molar-refractivity contribution in [2.45, 2.75) is 51.4 Å². The van der Waals surface area contributed by atoms with Crippen LogP contribution in [0.4, 0.5) is 0 Å². The number of nitrogens with two attached hydrogens (primary N) is 1. The molecule has 1 aromatic rings. The molecule has 6 heteroatoms. The summed E-state index contributed by atoms with van der Waals surface area (Å²) in [6.45, 7) is 2.38. The Balaban J connectivity index is 1.60. The van der Waals surface area contributed by atoms with E-state index >= 15 is 0 Å². The lowest BCUT2D eigenvalue weighted by atomic mass is 9.55. The highest BCUT2D eigenvalue weighted by Crippen LogP contribution is 2.59. The molecule has 3 aliphatic rings. The van der Waals surface area contributed by atoms with Crippen LogP contribution in [0.3, 0.4) is 0 Å². The Hall–Kier alpha value is -1.66. The second-order valence-electron chi connectivity index (χ2n) is 7.94. The van der Waals surface area contributed by atoms with Gasteiger partial charge >= 0.3 is 0 Å². The van der Waals surface area contributed by atoms with E-state index in [0.29, 0.717) is 28.6 Å². The Kier molecular flexibility index (Phi) is 4.20. The highest BCUT2D eigenvalue weighted by Gasteiger charge is 2.53. The van der Waals surface area contributed by atoms with Crippen LogP contribution in [0, 0.1) is 17.3 Å². The molecule has 3 aliphatic carbocycles. The number of hydrogen-bond donors (Lipinski definition) is 4. The second kappa shape index (κ2) is 6.25. The number of aromatic hydroxyl groups is 1. The van der Waals surface area contributed by atoms with E-state index in [-0.39, 0.29) is 5.41 Å². The fourth-order valence-electron chi connectivity index (χ4n) is 5.69. The average molecular weight is 359 g/mol. The average Bonchev–Trinajstić information content (AvgIpc) is 2.95. The Morgan fingerprint density at radius 1 is 1.32 bits per heavy atom. The summed E-state index contributed by atoms with van der Waals surface area (Å²) >= 11 is 5.05. The molecule has 1 aromatic carbocycles. The number of thiocarbonyl (C=S) groups is 1. The summed E-state index contributed by atoms with van der Waals surface area (Å²) < 4.78 is 0. The predicted molar refractivity (Wildman–Crippen MR) is 103 cm³/mol. The van der Waals surface area contributed by atoms with Crippen molar-refractivity contribution in [2.24, 2.45) is 28.2 Å². The third-order valence-corrected chi connectivity index (χ3v) is 7.08. The molecule has 0 saturated heterocycles. The number of phenolic OH excluding ortho intramolecular Hbond substituents is 1. The largest absolute Gasteiger partial charge is 0.508 e. The summed E-state index contributed by atoms with van der Waals surface area (Å²) in [5, 5.41) is 14.7. The SMILES string of the molecule is C[C@]12CC[C@@H]3c4ccc(O)cc4CC[C@H]3[C@@H]1CC/C2=N\NC(=S)NN. The van der Waals surface area contributed by atoms with Gasteiger partial charge < -0.3 is 5.11 Å². The molecule has 4 atom stereocenters. The molecule has 4 rings (SSSR count). The first-order valence-electron chi connectivity index (χ1n) is 9.18. The van der Waals surface area contributed by atoms with Crippen molar-refractivity contribution in [3.05, 3.63) is 29.3 Å². The van der Waals surface area contributed by atoms with Gasteiger partial charge in [-0.1, -0.05) is 13.0 Å². The highest BCUT2D eigenvalue weighted by atomic mass is 32.1. The summed E-state index contributed by atoms with van der Waals surface area (Å²) in [7, 11) is 0. The molecule has 0 aliphatic heterocycles. The Morgan fingerprint density at radius 2 is 2.16 bits per heavy atom. The van der Waals surface area contributed by atoms with Crippen LogP contribution < -0.4 is 16.7 Å². The molecule has 5 N–H and O–H groups in total. The molecule has 0 radical (unpaired) electrons. The minimum atomic E-state index is 0.160. The van der Waals surface area contributed by atoms with Crippen LogP contribution >= 0.6 is 12.2 Å². The van der Waals surface area contributed by atoms with Crippen LogP contribution in [-0.2, 0) is 6.42 Å². The van der Waals surface area contributed by atoms with Crippen molar-refractivity contribution in [3.8, 4) is 5.75 Å². The number of hydrogen-bond acceptors (Lipinski definition) is 4. The lowest BCUT2D eigenvalue weighted by Gasteiger charge is -2.49. The number of hydrazone groups is 1. The van der Waals surface area contributed by atoms with Crippen molar-refractivity contribution in [2.75, 3.05) is 0 Å². The fraction of sp³-hybridized carbons (Fsp3) is 0.579. The number of fused-ring (bicyclic) bond motifs is 5. The zero-order valence-corrected chi connectivity index (χ0v) is 15.4. The molecule has 2 saturated carbocycles. The molecule has 25 heavy (non-hydrogen) atoms. The van der Waals surface area contributed by atoms with E-state index in [0.717, 1.165) is 19.3 Å².